The molecule has 5 heteroatoms. The smallest absolute Gasteiger partial charge is 0.543 e. The molecule has 0 atom stereocenters. The molecule has 0 radical (unpaired) electrons. The minimum atomic E-state index is -1.25. The van der Waals surface area contributed by atoms with E-state index in [1.54, 1.807) is 6.92 Å². The van der Waals surface area contributed by atoms with Gasteiger partial charge in [0, 0.05) is 23.2 Å². The second-order valence-corrected chi connectivity index (χ2v) is 5.98. The summed E-state index contributed by atoms with van der Waals surface area (Å²) in [5.41, 5.74) is 1.33. The molecule has 22 heavy (non-hydrogen) atoms. The van der Waals surface area contributed by atoms with E-state index >= 15 is 0 Å². The molecule has 3 rings (SSSR count). The summed E-state index contributed by atoms with van der Waals surface area (Å²) in [4.78, 5) is 17.4. The Morgan fingerprint density at radius 3 is 2.55 bits per heavy atom. The van der Waals surface area contributed by atoms with Crippen molar-refractivity contribution < 1.29 is 28.8 Å². The van der Waals surface area contributed by atoms with Gasteiger partial charge in [-0.25, -0.2) is 0 Å². The topological polar surface area (TPSA) is 56.3 Å². The first-order chi connectivity index (χ1) is 10.1. The average molecular weight is 290 g/mol. The Bertz CT molecular complexity index is 609. The molecule has 1 saturated heterocycles. The molecule has 0 N–H and O–H groups in total. The molecule has 0 unspecified atom stereocenters. The van der Waals surface area contributed by atoms with Gasteiger partial charge in [-0.3, -0.25) is 4.98 Å². The second kappa shape index (κ2) is 7.33. The van der Waals surface area contributed by atoms with Gasteiger partial charge in [0.15, 0.2) is 0 Å². The Kier molecular flexibility index (Phi) is 5.70. The number of aryl methyl sites for hydroxylation is 1. The van der Waals surface area contributed by atoms with Crippen molar-refractivity contribution >= 4 is 5.97 Å². The molecule has 1 aliphatic carbocycles. The summed E-state index contributed by atoms with van der Waals surface area (Å²) in [5, 5.41) is 10.9. The van der Waals surface area contributed by atoms with Crippen LogP contribution in [0.1, 0.15) is 47.4 Å². The SMILES string of the molecule is Cc1cc(C#CC2CCN(C3CC3)CC2)cc(C(=O)[O-])n1.[Li+]. The van der Waals surface area contributed by atoms with E-state index in [-0.39, 0.29) is 24.6 Å². The summed E-state index contributed by atoms with van der Waals surface area (Å²) in [6, 6.07) is 4.15. The summed E-state index contributed by atoms with van der Waals surface area (Å²) >= 11 is 0. The van der Waals surface area contributed by atoms with Crippen molar-refractivity contribution in [2.75, 3.05) is 13.1 Å². The Labute approximate surface area is 143 Å². The predicted molar refractivity (Wildman–Crippen MR) is 77.5 cm³/mol. The maximum absolute atomic E-state index is 10.9. The van der Waals surface area contributed by atoms with Gasteiger partial charge < -0.3 is 14.8 Å². The third-order valence-corrected chi connectivity index (χ3v) is 4.18. The van der Waals surface area contributed by atoms with Crippen LogP contribution in [0, 0.1) is 24.7 Å². The first-order valence-corrected chi connectivity index (χ1v) is 7.57. The predicted octanol–water partition coefficient (Wildman–Crippen LogP) is -2.02. The number of carboxylic acid groups (broad SMARTS) is 1. The Balaban J connectivity index is 0.00000176. The van der Waals surface area contributed by atoms with Crippen LogP contribution in [0.25, 0.3) is 0 Å². The van der Waals surface area contributed by atoms with Gasteiger partial charge in [-0.15, -0.1) is 0 Å². The summed E-state index contributed by atoms with van der Waals surface area (Å²) in [5.74, 6) is 5.57. The van der Waals surface area contributed by atoms with Crippen LogP contribution in [0.15, 0.2) is 12.1 Å². The summed E-state index contributed by atoms with van der Waals surface area (Å²) in [6.45, 7) is 4.05. The molecule has 0 amide bonds. The number of likely N-dealkylation sites (tertiary alicyclic amines) is 1. The molecule has 0 bridgehead atoms. The molecule has 1 aliphatic heterocycles. The van der Waals surface area contributed by atoms with Crippen molar-refractivity contribution in [3.8, 4) is 11.8 Å². The number of carboxylic acids is 1. The normalized spacial score (nSPS) is 19.0. The Hall–Kier alpha value is -1.26. The van der Waals surface area contributed by atoms with Gasteiger partial charge in [0.1, 0.15) is 0 Å². The van der Waals surface area contributed by atoms with E-state index in [2.05, 4.69) is 21.7 Å². The first-order valence-electron chi connectivity index (χ1n) is 7.57. The molecule has 1 saturated carbocycles. The van der Waals surface area contributed by atoms with E-state index in [1.807, 2.05) is 6.07 Å². The number of nitrogens with zero attached hydrogens (tertiary/aromatic N) is 2. The fourth-order valence-electron chi connectivity index (χ4n) is 2.88. The van der Waals surface area contributed by atoms with Gasteiger partial charge in [-0.2, -0.15) is 0 Å². The maximum atomic E-state index is 10.9. The third kappa shape index (κ3) is 4.37. The van der Waals surface area contributed by atoms with Crippen LogP contribution < -0.4 is 24.0 Å². The largest absolute Gasteiger partial charge is 1.00 e. The number of carbonyl (C=O) groups excluding carboxylic acids is 1. The van der Waals surface area contributed by atoms with Crippen molar-refractivity contribution in [3.63, 3.8) is 0 Å². The van der Waals surface area contributed by atoms with Crippen LogP contribution in [0.5, 0.6) is 0 Å². The van der Waals surface area contributed by atoms with Crippen LogP contribution >= 0.6 is 0 Å². The van der Waals surface area contributed by atoms with Crippen molar-refractivity contribution in [1.82, 2.24) is 9.88 Å². The molecule has 2 heterocycles. The van der Waals surface area contributed by atoms with Crippen LogP contribution in [0.2, 0.25) is 0 Å². The van der Waals surface area contributed by atoms with Gasteiger partial charge in [0.05, 0.1) is 11.7 Å². The molecule has 2 aliphatic rings. The minimum Gasteiger partial charge on any atom is -0.543 e. The van der Waals surface area contributed by atoms with E-state index in [1.165, 1.54) is 18.9 Å². The molecule has 0 aromatic carbocycles. The van der Waals surface area contributed by atoms with Crippen LogP contribution in [0.4, 0.5) is 0 Å². The molecule has 4 nitrogen and oxygen atoms in total. The zero-order valence-electron chi connectivity index (χ0n) is 13.3. The zero-order chi connectivity index (χ0) is 14.8. The fourth-order valence-corrected chi connectivity index (χ4v) is 2.88. The standard InChI is InChI=1S/C17H20N2O2.Li/c1-12-10-14(11-16(18-12)17(20)21)3-2-13-6-8-19(9-7-13)15-4-5-15;/h10-11,13,15H,4-9H2,1H3,(H,20,21);/q;+1/p-1. The summed E-state index contributed by atoms with van der Waals surface area (Å²) in [6.07, 6.45) is 4.94. The molecule has 2 fully saturated rings. The summed E-state index contributed by atoms with van der Waals surface area (Å²) < 4.78 is 0. The van der Waals surface area contributed by atoms with Crippen molar-refractivity contribution in [3.05, 3.63) is 29.1 Å². The van der Waals surface area contributed by atoms with E-state index in [9.17, 15) is 9.90 Å². The second-order valence-electron chi connectivity index (χ2n) is 5.98. The number of aromatic carboxylic acids is 1. The van der Waals surface area contributed by atoms with Gasteiger partial charge in [-0.05, 0) is 57.8 Å². The monoisotopic (exact) mass is 290 g/mol. The number of hydrogen-bond acceptors (Lipinski definition) is 4. The van der Waals surface area contributed by atoms with E-state index in [0.717, 1.165) is 32.0 Å². The van der Waals surface area contributed by atoms with Crippen LogP contribution in [-0.2, 0) is 0 Å². The van der Waals surface area contributed by atoms with Gasteiger partial charge in [-0.1, -0.05) is 11.8 Å². The number of hydrogen-bond donors (Lipinski definition) is 0. The number of rotatable bonds is 2. The Morgan fingerprint density at radius 2 is 1.95 bits per heavy atom. The van der Waals surface area contributed by atoms with Gasteiger partial charge in [0.25, 0.3) is 0 Å². The quantitative estimate of drug-likeness (QED) is 0.466. The van der Waals surface area contributed by atoms with Crippen molar-refractivity contribution in [2.45, 2.75) is 38.6 Å². The third-order valence-electron chi connectivity index (χ3n) is 4.18. The molecular weight excluding hydrogens is 271 g/mol. The maximum Gasteiger partial charge on any atom is 1.00 e. The molecule has 1 aromatic rings. The zero-order valence-corrected chi connectivity index (χ0v) is 13.3. The Morgan fingerprint density at radius 1 is 1.27 bits per heavy atom. The van der Waals surface area contributed by atoms with Gasteiger partial charge in [0.2, 0.25) is 0 Å². The first kappa shape index (κ1) is 17.1. The molecule has 0 spiro atoms. The molecule has 1 aromatic heterocycles. The minimum absolute atomic E-state index is 0. The van der Waals surface area contributed by atoms with Crippen LogP contribution in [0.3, 0.4) is 0 Å². The van der Waals surface area contributed by atoms with Crippen LogP contribution in [-0.4, -0.2) is 35.0 Å². The van der Waals surface area contributed by atoms with E-state index < -0.39 is 5.97 Å². The van der Waals surface area contributed by atoms with E-state index in [0.29, 0.717) is 17.2 Å². The summed E-state index contributed by atoms with van der Waals surface area (Å²) in [7, 11) is 0. The average Bonchev–Trinajstić information content (AvgIpc) is 3.30. The number of piperidine rings is 1. The van der Waals surface area contributed by atoms with E-state index in [4.69, 9.17) is 0 Å². The number of pyridine rings is 1. The van der Waals surface area contributed by atoms with Crippen molar-refractivity contribution in [2.24, 2.45) is 5.92 Å². The molecular formula is C17H19LiN2O2. The molecule has 110 valence electrons. The number of aromatic nitrogens is 1. The van der Waals surface area contributed by atoms with Crippen molar-refractivity contribution in [1.29, 1.82) is 0 Å². The fraction of sp³-hybridized carbons (Fsp3) is 0.529. The van der Waals surface area contributed by atoms with Gasteiger partial charge >= 0.3 is 18.9 Å². The number of carbonyl (C=O) groups is 1.